The summed E-state index contributed by atoms with van der Waals surface area (Å²) in [6.07, 6.45) is 3.99. The number of hydrogen-bond acceptors (Lipinski definition) is 4. The van der Waals surface area contributed by atoms with Gasteiger partial charge in [-0.25, -0.2) is 0 Å². The average molecular weight is 263 g/mol. The molecule has 0 fully saturated rings. The van der Waals surface area contributed by atoms with E-state index in [0.29, 0.717) is 0 Å². The molecule has 3 rings (SSSR count). The summed E-state index contributed by atoms with van der Waals surface area (Å²) < 4.78 is 17.4. The molecule has 4 heteroatoms. The Kier molecular flexibility index (Phi) is 3.27. The largest absolute Gasteiger partial charge is 0.493 e. The molecule has 0 saturated carbocycles. The van der Waals surface area contributed by atoms with E-state index in [9.17, 15) is 0 Å². The third-order valence-corrected chi connectivity index (χ3v) is 3.89. The summed E-state index contributed by atoms with van der Waals surface area (Å²) in [5.41, 5.74) is 9.60. The molecule has 104 valence electrons. The van der Waals surface area contributed by atoms with E-state index in [0.717, 1.165) is 67.3 Å². The zero-order valence-corrected chi connectivity index (χ0v) is 11.6. The summed E-state index contributed by atoms with van der Waals surface area (Å²) in [6, 6.07) is -0.0480. The predicted molar refractivity (Wildman–Crippen MR) is 73.2 cm³/mol. The van der Waals surface area contributed by atoms with Gasteiger partial charge in [-0.2, -0.15) is 0 Å². The second-order valence-corrected chi connectivity index (χ2v) is 5.25. The Balaban J connectivity index is 2.28. The number of fused-ring (bicyclic) bond motifs is 2. The van der Waals surface area contributed by atoms with E-state index >= 15 is 0 Å². The Labute approximate surface area is 113 Å². The first-order valence-corrected chi connectivity index (χ1v) is 7.00. The van der Waals surface area contributed by atoms with Crippen molar-refractivity contribution in [2.45, 2.75) is 38.6 Å². The summed E-state index contributed by atoms with van der Waals surface area (Å²) in [5.74, 6) is 2.70. The Morgan fingerprint density at radius 2 is 1.68 bits per heavy atom. The van der Waals surface area contributed by atoms with Crippen molar-refractivity contribution in [1.82, 2.24) is 0 Å². The molecular formula is C15H21NO3. The van der Waals surface area contributed by atoms with Crippen LogP contribution in [0, 0.1) is 0 Å². The predicted octanol–water partition coefficient (Wildman–Crippen LogP) is 2.36. The fraction of sp³-hybridized carbons (Fsp3) is 0.600. The number of ether oxygens (including phenoxy) is 3. The highest BCUT2D eigenvalue weighted by Crippen LogP contribution is 2.49. The minimum atomic E-state index is -0.0480. The van der Waals surface area contributed by atoms with Crippen LogP contribution in [0.15, 0.2) is 0 Å². The third-order valence-electron chi connectivity index (χ3n) is 3.89. The molecule has 4 nitrogen and oxygen atoms in total. The molecule has 2 N–H and O–H groups in total. The summed E-state index contributed by atoms with van der Waals surface area (Å²) in [6.45, 7) is 3.52. The third kappa shape index (κ3) is 1.94. The van der Waals surface area contributed by atoms with Crippen LogP contribution >= 0.6 is 0 Å². The van der Waals surface area contributed by atoms with Crippen LogP contribution in [0.3, 0.4) is 0 Å². The van der Waals surface area contributed by atoms with E-state index in [1.165, 1.54) is 5.56 Å². The second-order valence-electron chi connectivity index (χ2n) is 5.25. The molecule has 0 saturated heterocycles. The van der Waals surface area contributed by atoms with Gasteiger partial charge in [0.1, 0.15) is 5.75 Å². The number of benzene rings is 1. The van der Waals surface area contributed by atoms with E-state index < -0.39 is 0 Å². The van der Waals surface area contributed by atoms with Gasteiger partial charge in [-0.3, -0.25) is 0 Å². The van der Waals surface area contributed by atoms with Gasteiger partial charge in [0.25, 0.3) is 0 Å². The number of nitrogens with two attached hydrogens (primary N) is 1. The SMILES string of the molecule is COc1c2c(c(C(C)N)c3c1OCCC3)OCCC2. The number of methoxy groups -OCH3 is 1. The molecule has 19 heavy (non-hydrogen) atoms. The van der Waals surface area contributed by atoms with Gasteiger partial charge in [-0.05, 0) is 32.6 Å². The molecule has 0 bridgehead atoms. The molecular weight excluding hydrogens is 242 g/mol. The Morgan fingerprint density at radius 3 is 2.32 bits per heavy atom. The molecule has 1 unspecified atom stereocenters. The lowest BCUT2D eigenvalue weighted by Gasteiger charge is -2.31. The maximum atomic E-state index is 6.18. The first-order valence-electron chi connectivity index (χ1n) is 7.00. The van der Waals surface area contributed by atoms with Crippen molar-refractivity contribution in [3.8, 4) is 17.2 Å². The van der Waals surface area contributed by atoms with Gasteiger partial charge in [0.2, 0.25) is 0 Å². The topological polar surface area (TPSA) is 53.7 Å². The van der Waals surface area contributed by atoms with E-state index in [1.54, 1.807) is 7.11 Å². The Bertz CT molecular complexity index is 460. The fourth-order valence-corrected chi connectivity index (χ4v) is 3.14. The van der Waals surface area contributed by atoms with Crippen LogP contribution in [-0.2, 0) is 12.8 Å². The van der Waals surface area contributed by atoms with E-state index in [-0.39, 0.29) is 6.04 Å². The van der Waals surface area contributed by atoms with Crippen molar-refractivity contribution in [2.75, 3.05) is 20.3 Å². The lowest BCUT2D eigenvalue weighted by molar-refractivity contribution is 0.249. The van der Waals surface area contributed by atoms with Crippen molar-refractivity contribution in [1.29, 1.82) is 0 Å². The van der Waals surface area contributed by atoms with Gasteiger partial charge in [-0.15, -0.1) is 0 Å². The Hall–Kier alpha value is -1.42. The minimum absolute atomic E-state index is 0.0480. The molecule has 2 aliphatic rings. The van der Waals surface area contributed by atoms with Crippen molar-refractivity contribution >= 4 is 0 Å². The van der Waals surface area contributed by atoms with E-state index in [2.05, 4.69) is 0 Å². The summed E-state index contributed by atoms with van der Waals surface area (Å²) in [7, 11) is 1.70. The van der Waals surface area contributed by atoms with Crippen LogP contribution in [-0.4, -0.2) is 20.3 Å². The first kappa shape index (κ1) is 12.6. The molecule has 1 atom stereocenters. The van der Waals surface area contributed by atoms with Gasteiger partial charge in [0.05, 0.1) is 20.3 Å². The second kappa shape index (κ2) is 4.93. The zero-order chi connectivity index (χ0) is 13.4. The standard InChI is InChI=1S/C15H21NO3/c1-9(16)12-10-5-3-8-19-15(10)14(17-2)11-6-4-7-18-13(11)12/h9H,3-8,16H2,1-2H3. The average Bonchev–Trinajstić information content (AvgIpc) is 2.44. The molecule has 0 amide bonds. The van der Waals surface area contributed by atoms with E-state index in [4.69, 9.17) is 19.9 Å². The van der Waals surface area contributed by atoms with E-state index in [1.807, 2.05) is 6.92 Å². The highest BCUT2D eigenvalue weighted by Gasteiger charge is 2.31. The monoisotopic (exact) mass is 263 g/mol. The van der Waals surface area contributed by atoms with Crippen molar-refractivity contribution < 1.29 is 14.2 Å². The van der Waals surface area contributed by atoms with Crippen LogP contribution in [0.4, 0.5) is 0 Å². The molecule has 0 radical (unpaired) electrons. The first-order chi connectivity index (χ1) is 9.24. The van der Waals surface area contributed by atoms with Gasteiger partial charge in [-0.1, -0.05) is 0 Å². The number of rotatable bonds is 2. The van der Waals surface area contributed by atoms with Gasteiger partial charge < -0.3 is 19.9 Å². The van der Waals surface area contributed by atoms with Crippen molar-refractivity contribution in [3.05, 3.63) is 16.7 Å². The van der Waals surface area contributed by atoms with Gasteiger partial charge in [0.15, 0.2) is 11.5 Å². The fourth-order valence-electron chi connectivity index (χ4n) is 3.14. The van der Waals surface area contributed by atoms with Crippen LogP contribution < -0.4 is 19.9 Å². The molecule has 0 aliphatic carbocycles. The van der Waals surface area contributed by atoms with Crippen molar-refractivity contribution in [3.63, 3.8) is 0 Å². The lowest BCUT2D eigenvalue weighted by Crippen LogP contribution is -2.21. The highest BCUT2D eigenvalue weighted by molar-refractivity contribution is 5.65. The molecule has 0 spiro atoms. The summed E-state index contributed by atoms with van der Waals surface area (Å²) >= 11 is 0. The number of hydrogen-bond donors (Lipinski definition) is 1. The molecule has 2 aliphatic heterocycles. The summed E-state index contributed by atoms with van der Waals surface area (Å²) in [5, 5.41) is 0. The molecule has 1 aromatic carbocycles. The molecule has 1 aromatic rings. The smallest absolute Gasteiger partial charge is 0.167 e. The highest BCUT2D eigenvalue weighted by atomic mass is 16.5. The quantitative estimate of drug-likeness (QED) is 0.890. The van der Waals surface area contributed by atoms with Gasteiger partial charge >= 0.3 is 0 Å². The zero-order valence-electron chi connectivity index (χ0n) is 11.6. The van der Waals surface area contributed by atoms with Gasteiger partial charge in [0, 0.05) is 22.7 Å². The maximum Gasteiger partial charge on any atom is 0.167 e. The summed E-state index contributed by atoms with van der Waals surface area (Å²) in [4.78, 5) is 0. The minimum Gasteiger partial charge on any atom is -0.493 e. The van der Waals surface area contributed by atoms with Crippen LogP contribution in [0.2, 0.25) is 0 Å². The van der Waals surface area contributed by atoms with Crippen LogP contribution in [0.1, 0.15) is 42.5 Å². The molecule has 2 heterocycles. The maximum absolute atomic E-state index is 6.18. The molecule has 0 aromatic heterocycles. The normalized spacial score (nSPS) is 18.7. The van der Waals surface area contributed by atoms with Crippen LogP contribution in [0.5, 0.6) is 17.2 Å². The van der Waals surface area contributed by atoms with Crippen molar-refractivity contribution in [2.24, 2.45) is 5.73 Å². The Morgan fingerprint density at radius 1 is 1.05 bits per heavy atom. The lowest BCUT2D eigenvalue weighted by atomic mass is 9.89. The van der Waals surface area contributed by atoms with Crippen LogP contribution in [0.25, 0.3) is 0 Å².